The molecule has 0 aliphatic heterocycles. The van der Waals surface area contributed by atoms with Gasteiger partial charge in [-0.2, -0.15) is 0 Å². The minimum absolute atomic E-state index is 0.135. The monoisotopic (exact) mass is 286 g/mol. The van der Waals surface area contributed by atoms with Gasteiger partial charge in [0.25, 0.3) is 0 Å². The summed E-state index contributed by atoms with van der Waals surface area (Å²) < 4.78 is 7.28. The van der Waals surface area contributed by atoms with Crippen molar-refractivity contribution in [3.05, 3.63) is 29.0 Å². The van der Waals surface area contributed by atoms with Gasteiger partial charge in [-0.05, 0) is 26.0 Å². The summed E-state index contributed by atoms with van der Waals surface area (Å²) in [5.74, 6) is 0.823. The highest BCUT2D eigenvalue weighted by molar-refractivity contribution is 6.35. The summed E-state index contributed by atoms with van der Waals surface area (Å²) in [6.07, 6.45) is 0. The molecule has 0 aliphatic rings. The van der Waals surface area contributed by atoms with E-state index < -0.39 is 0 Å². The highest BCUT2D eigenvalue weighted by atomic mass is 35.5. The number of methoxy groups -OCH3 is 1. The molecule has 5 heteroatoms. The zero-order chi connectivity index (χ0) is 13.3. The van der Waals surface area contributed by atoms with Gasteiger partial charge in [0.2, 0.25) is 0 Å². The summed E-state index contributed by atoms with van der Waals surface area (Å²) in [4.78, 5) is 4.57. The number of halogens is 2. The zero-order valence-corrected chi connectivity index (χ0v) is 12.2. The molecule has 1 heterocycles. The lowest BCUT2D eigenvalue weighted by atomic mass is 10.2. The van der Waals surface area contributed by atoms with Gasteiger partial charge in [0, 0.05) is 7.11 Å². The Morgan fingerprint density at radius 1 is 1.39 bits per heavy atom. The van der Waals surface area contributed by atoms with Crippen LogP contribution in [-0.2, 0) is 4.74 Å². The highest BCUT2D eigenvalue weighted by Crippen LogP contribution is 2.32. The van der Waals surface area contributed by atoms with Gasteiger partial charge < -0.3 is 9.30 Å². The van der Waals surface area contributed by atoms with E-state index in [0.29, 0.717) is 11.6 Å². The second-order valence-corrected chi connectivity index (χ2v) is 5.43. The fraction of sp³-hybridized carbons (Fsp3) is 0.462. The van der Waals surface area contributed by atoms with Crippen LogP contribution >= 0.6 is 23.2 Å². The summed E-state index contributed by atoms with van der Waals surface area (Å²) in [5.41, 5.74) is 1.79. The second kappa shape index (κ2) is 5.47. The van der Waals surface area contributed by atoms with E-state index in [1.165, 1.54) is 0 Å². The molecule has 2 rings (SSSR count). The molecule has 1 aromatic carbocycles. The second-order valence-electron chi connectivity index (χ2n) is 4.37. The van der Waals surface area contributed by atoms with Crippen LogP contribution < -0.4 is 0 Å². The molecule has 2 aromatic rings. The largest absolute Gasteiger partial charge is 0.383 e. The number of aromatic nitrogens is 2. The van der Waals surface area contributed by atoms with Crippen molar-refractivity contribution in [2.24, 2.45) is 0 Å². The molecule has 0 saturated heterocycles. The molecular weight excluding hydrogens is 271 g/mol. The molecule has 0 radical (unpaired) electrons. The van der Waals surface area contributed by atoms with E-state index in [-0.39, 0.29) is 11.4 Å². The third kappa shape index (κ3) is 2.35. The maximum absolute atomic E-state index is 6.28. The fourth-order valence-corrected chi connectivity index (χ4v) is 2.58. The van der Waals surface area contributed by atoms with Gasteiger partial charge in [0.1, 0.15) is 5.82 Å². The average molecular weight is 287 g/mol. The summed E-state index contributed by atoms with van der Waals surface area (Å²) in [5, 5.41) is 0.513. The Morgan fingerprint density at radius 2 is 2.11 bits per heavy atom. The number of ether oxygens (including phenoxy) is 1. The maximum Gasteiger partial charge on any atom is 0.128 e. The molecule has 2 atom stereocenters. The van der Waals surface area contributed by atoms with Crippen molar-refractivity contribution in [2.75, 3.05) is 13.7 Å². The van der Waals surface area contributed by atoms with E-state index >= 15 is 0 Å². The topological polar surface area (TPSA) is 27.1 Å². The first kappa shape index (κ1) is 13.7. The van der Waals surface area contributed by atoms with Crippen LogP contribution in [0.3, 0.4) is 0 Å². The zero-order valence-electron chi connectivity index (χ0n) is 10.7. The SMILES string of the molecule is COCC(C)n1c(C(C)Cl)nc2cccc(Cl)c21. The standard InChI is InChI=1S/C13H16Cl2N2O/c1-8(7-18-3)17-12-10(15)5-4-6-11(12)16-13(17)9(2)14/h4-6,8-9H,7H2,1-3H3. The van der Waals surface area contributed by atoms with Crippen LogP contribution in [0.15, 0.2) is 18.2 Å². The number of imidazole rings is 1. The molecule has 0 spiro atoms. The van der Waals surface area contributed by atoms with E-state index in [9.17, 15) is 0 Å². The van der Waals surface area contributed by atoms with Gasteiger partial charge in [0.05, 0.1) is 34.1 Å². The van der Waals surface area contributed by atoms with Crippen molar-refractivity contribution in [1.29, 1.82) is 0 Å². The quantitative estimate of drug-likeness (QED) is 0.788. The number of benzene rings is 1. The normalized spacial score (nSPS) is 14.9. The predicted octanol–water partition coefficient (Wildman–Crippen LogP) is 4.20. The van der Waals surface area contributed by atoms with Crippen LogP contribution in [-0.4, -0.2) is 23.3 Å². The third-order valence-electron chi connectivity index (χ3n) is 2.89. The van der Waals surface area contributed by atoms with Crippen LogP contribution in [0, 0.1) is 0 Å². The van der Waals surface area contributed by atoms with Gasteiger partial charge in [-0.1, -0.05) is 17.7 Å². The Labute approximate surface area is 117 Å². The lowest BCUT2D eigenvalue weighted by molar-refractivity contribution is 0.162. The number of hydrogen-bond acceptors (Lipinski definition) is 2. The first-order valence-corrected chi connectivity index (χ1v) is 6.67. The van der Waals surface area contributed by atoms with Crippen LogP contribution in [0.4, 0.5) is 0 Å². The van der Waals surface area contributed by atoms with Crippen molar-refractivity contribution >= 4 is 34.2 Å². The number of alkyl halides is 1. The summed E-state index contributed by atoms with van der Waals surface area (Å²) in [7, 11) is 1.68. The lowest BCUT2D eigenvalue weighted by Crippen LogP contribution is -2.14. The van der Waals surface area contributed by atoms with E-state index in [1.807, 2.05) is 25.1 Å². The first-order chi connectivity index (χ1) is 8.56. The van der Waals surface area contributed by atoms with Crippen LogP contribution in [0.25, 0.3) is 11.0 Å². The van der Waals surface area contributed by atoms with Gasteiger partial charge in [0.15, 0.2) is 0 Å². The molecule has 0 saturated carbocycles. The van der Waals surface area contributed by atoms with Gasteiger partial charge in [-0.15, -0.1) is 11.6 Å². The molecule has 18 heavy (non-hydrogen) atoms. The van der Waals surface area contributed by atoms with E-state index in [4.69, 9.17) is 27.9 Å². The van der Waals surface area contributed by atoms with Crippen LogP contribution in [0.5, 0.6) is 0 Å². The molecule has 2 unspecified atom stereocenters. The first-order valence-electron chi connectivity index (χ1n) is 5.85. The number of hydrogen-bond donors (Lipinski definition) is 0. The van der Waals surface area contributed by atoms with E-state index in [1.54, 1.807) is 7.11 Å². The third-order valence-corrected chi connectivity index (χ3v) is 3.39. The summed E-state index contributed by atoms with van der Waals surface area (Å²) in [6, 6.07) is 5.84. The molecular formula is C13H16Cl2N2O. The smallest absolute Gasteiger partial charge is 0.128 e. The molecule has 98 valence electrons. The van der Waals surface area contributed by atoms with Crippen molar-refractivity contribution in [1.82, 2.24) is 9.55 Å². The van der Waals surface area contributed by atoms with Gasteiger partial charge in [-0.3, -0.25) is 0 Å². The van der Waals surface area contributed by atoms with Crippen molar-refractivity contribution < 1.29 is 4.74 Å². The number of nitrogens with zero attached hydrogens (tertiary/aromatic N) is 2. The van der Waals surface area contributed by atoms with Crippen LogP contribution in [0.2, 0.25) is 5.02 Å². The van der Waals surface area contributed by atoms with Crippen molar-refractivity contribution in [2.45, 2.75) is 25.3 Å². The molecule has 0 bridgehead atoms. The highest BCUT2D eigenvalue weighted by Gasteiger charge is 2.20. The number of fused-ring (bicyclic) bond motifs is 1. The Balaban J connectivity index is 2.68. The van der Waals surface area contributed by atoms with Gasteiger partial charge >= 0.3 is 0 Å². The summed E-state index contributed by atoms with van der Waals surface area (Å²) >= 11 is 12.5. The molecule has 0 aliphatic carbocycles. The molecule has 0 amide bonds. The molecule has 0 N–H and O–H groups in total. The maximum atomic E-state index is 6.28. The molecule has 0 fully saturated rings. The van der Waals surface area contributed by atoms with E-state index in [0.717, 1.165) is 16.9 Å². The lowest BCUT2D eigenvalue weighted by Gasteiger charge is -2.18. The average Bonchev–Trinajstić information content (AvgIpc) is 2.70. The van der Waals surface area contributed by atoms with Crippen LogP contribution in [0.1, 0.15) is 31.1 Å². The van der Waals surface area contributed by atoms with Crippen molar-refractivity contribution in [3.8, 4) is 0 Å². The Morgan fingerprint density at radius 3 is 2.72 bits per heavy atom. The van der Waals surface area contributed by atoms with Gasteiger partial charge in [-0.25, -0.2) is 4.98 Å². The predicted molar refractivity (Wildman–Crippen MR) is 75.6 cm³/mol. The van der Waals surface area contributed by atoms with Crippen molar-refractivity contribution in [3.63, 3.8) is 0 Å². The Kier molecular flexibility index (Phi) is 4.15. The minimum atomic E-state index is -0.173. The molecule has 3 nitrogen and oxygen atoms in total. The fourth-order valence-electron chi connectivity index (χ4n) is 2.17. The Bertz CT molecular complexity index is 551. The molecule has 1 aromatic heterocycles. The summed E-state index contributed by atoms with van der Waals surface area (Å²) in [6.45, 7) is 4.57. The number of rotatable bonds is 4. The van der Waals surface area contributed by atoms with E-state index in [2.05, 4.69) is 16.5 Å². The minimum Gasteiger partial charge on any atom is -0.383 e. The number of para-hydroxylation sites is 1. The Hall–Kier alpha value is -0.770.